The van der Waals surface area contributed by atoms with Gasteiger partial charge in [-0.05, 0) is 43.4 Å². The molecule has 3 aliphatic rings. The lowest BCUT2D eigenvalue weighted by molar-refractivity contribution is -0.167. The summed E-state index contributed by atoms with van der Waals surface area (Å²) >= 11 is 0. The number of ether oxygens (including phenoxy) is 1. The van der Waals surface area contributed by atoms with E-state index in [0.717, 1.165) is 25.7 Å². The molecule has 0 saturated heterocycles. The molecule has 3 saturated carbocycles. The van der Waals surface area contributed by atoms with Crippen molar-refractivity contribution in [3.63, 3.8) is 0 Å². The molecule has 0 aliphatic heterocycles. The maximum atomic E-state index is 14.7. The molecule has 4 atom stereocenters. The number of halogens is 4. The molecule has 0 radical (unpaired) electrons. The Balaban J connectivity index is 1.55. The van der Waals surface area contributed by atoms with Gasteiger partial charge in [0.25, 0.3) is 0 Å². The Hall–Kier alpha value is -1.25. The van der Waals surface area contributed by atoms with E-state index in [2.05, 4.69) is 12.8 Å². The molecule has 0 spiro atoms. The predicted octanol–water partition coefficient (Wildman–Crippen LogP) is 5.15. The fourth-order valence-electron chi connectivity index (χ4n) is 5.30. The number of esters is 1. The fourth-order valence-corrected chi connectivity index (χ4v) is 5.30. The third-order valence-electron chi connectivity index (χ3n) is 7.07. The summed E-state index contributed by atoms with van der Waals surface area (Å²) in [5, 5.41) is 0. The zero-order valence-corrected chi connectivity index (χ0v) is 16.3. The van der Waals surface area contributed by atoms with Gasteiger partial charge in [-0.3, -0.25) is 4.79 Å². The van der Waals surface area contributed by atoms with E-state index in [-0.39, 0.29) is 31.6 Å². The normalized spacial score (nSPS) is 47.1. The van der Waals surface area contributed by atoms with Gasteiger partial charge in [0.1, 0.15) is 36.7 Å². The number of rotatable bonds is 3. The van der Waals surface area contributed by atoms with Crippen LogP contribution >= 0.6 is 0 Å². The average Bonchev–Trinajstić information content (AvgIpc) is 2.61. The number of hydrogen-bond acceptors (Lipinski definition) is 2. The molecule has 0 bridgehead atoms. The Labute approximate surface area is 164 Å². The standard InChI is InChI=1S/C22H30F4O2/c1-3-16-17(23)10-15(11-18(16)24)28-22(27)21-19(25)8-14(9-20(21)26)13-6-4-12(2)5-7-13/h1,12-21H,4-11H2,2H3. The van der Waals surface area contributed by atoms with Crippen molar-refractivity contribution in [3.05, 3.63) is 0 Å². The number of terminal acetylenes is 1. The maximum absolute atomic E-state index is 14.7. The molecule has 28 heavy (non-hydrogen) atoms. The van der Waals surface area contributed by atoms with Crippen LogP contribution in [0.1, 0.15) is 58.3 Å². The van der Waals surface area contributed by atoms with E-state index in [1.54, 1.807) is 0 Å². The largest absolute Gasteiger partial charge is 0.462 e. The molecule has 4 unspecified atom stereocenters. The molecular weight excluding hydrogens is 372 g/mol. The maximum Gasteiger partial charge on any atom is 0.315 e. The third kappa shape index (κ3) is 4.66. The Bertz CT molecular complexity index is 560. The van der Waals surface area contributed by atoms with E-state index in [1.807, 2.05) is 0 Å². The number of carbonyl (C=O) groups excluding carboxylic acids is 1. The molecule has 158 valence electrons. The van der Waals surface area contributed by atoms with Crippen molar-refractivity contribution >= 4 is 5.97 Å². The topological polar surface area (TPSA) is 26.3 Å². The van der Waals surface area contributed by atoms with Crippen molar-refractivity contribution in [3.8, 4) is 12.3 Å². The number of carbonyl (C=O) groups is 1. The summed E-state index contributed by atoms with van der Waals surface area (Å²) in [4.78, 5) is 12.4. The van der Waals surface area contributed by atoms with Crippen molar-refractivity contribution in [2.75, 3.05) is 0 Å². The zero-order valence-electron chi connectivity index (χ0n) is 16.3. The number of hydrogen-bond donors (Lipinski definition) is 0. The molecule has 0 aromatic rings. The van der Waals surface area contributed by atoms with Gasteiger partial charge in [-0.1, -0.05) is 25.7 Å². The van der Waals surface area contributed by atoms with Gasteiger partial charge in [0.15, 0.2) is 0 Å². The van der Waals surface area contributed by atoms with E-state index in [4.69, 9.17) is 11.2 Å². The van der Waals surface area contributed by atoms with Crippen LogP contribution in [0.3, 0.4) is 0 Å². The highest BCUT2D eigenvalue weighted by Crippen LogP contribution is 2.44. The Morgan fingerprint density at radius 2 is 1.39 bits per heavy atom. The van der Waals surface area contributed by atoms with Gasteiger partial charge in [-0.25, -0.2) is 17.6 Å². The molecule has 3 aliphatic carbocycles. The minimum Gasteiger partial charge on any atom is -0.462 e. The van der Waals surface area contributed by atoms with Crippen LogP contribution in [0.4, 0.5) is 17.6 Å². The van der Waals surface area contributed by atoms with Crippen LogP contribution in [0.5, 0.6) is 0 Å². The van der Waals surface area contributed by atoms with Gasteiger partial charge in [0, 0.05) is 12.8 Å². The van der Waals surface area contributed by atoms with Crippen LogP contribution in [-0.4, -0.2) is 36.8 Å². The first-order chi connectivity index (χ1) is 13.3. The lowest BCUT2D eigenvalue weighted by Crippen LogP contribution is -2.46. The first-order valence-corrected chi connectivity index (χ1v) is 10.5. The lowest BCUT2D eigenvalue weighted by atomic mass is 9.68. The molecule has 0 N–H and O–H groups in total. The summed E-state index contributed by atoms with van der Waals surface area (Å²) in [6.45, 7) is 2.19. The molecule has 0 amide bonds. The summed E-state index contributed by atoms with van der Waals surface area (Å²) < 4.78 is 62.5. The summed E-state index contributed by atoms with van der Waals surface area (Å²) in [5.74, 6) is -0.680. The Morgan fingerprint density at radius 3 is 1.89 bits per heavy atom. The van der Waals surface area contributed by atoms with E-state index >= 15 is 0 Å². The molecule has 0 heterocycles. The molecule has 3 fully saturated rings. The smallest absolute Gasteiger partial charge is 0.315 e. The Morgan fingerprint density at radius 1 is 0.857 bits per heavy atom. The zero-order chi connectivity index (χ0) is 20.4. The van der Waals surface area contributed by atoms with Gasteiger partial charge in [-0.2, -0.15) is 0 Å². The van der Waals surface area contributed by atoms with E-state index in [0.29, 0.717) is 11.8 Å². The minimum absolute atomic E-state index is 0.0574. The van der Waals surface area contributed by atoms with Gasteiger partial charge in [-0.15, -0.1) is 6.42 Å². The summed E-state index contributed by atoms with van der Waals surface area (Å²) in [6, 6.07) is 0. The van der Waals surface area contributed by atoms with Crippen LogP contribution in [0.25, 0.3) is 0 Å². The second kappa shape index (κ2) is 9.05. The predicted molar refractivity (Wildman–Crippen MR) is 98.4 cm³/mol. The molecule has 0 aromatic heterocycles. The van der Waals surface area contributed by atoms with Crippen LogP contribution in [-0.2, 0) is 9.53 Å². The van der Waals surface area contributed by atoms with Crippen LogP contribution in [0, 0.1) is 41.9 Å². The van der Waals surface area contributed by atoms with Gasteiger partial charge in [0.05, 0.1) is 5.92 Å². The highest BCUT2D eigenvalue weighted by Gasteiger charge is 2.47. The van der Waals surface area contributed by atoms with Gasteiger partial charge < -0.3 is 4.74 Å². The van der Waals surface area contributed by atoms with E-state index in [9.17, 15) is 22.4 Å². The minimum atomic E-state index is -1.63. The van der Waals surface area contributed by atoms with Crippen LogP contribution in [0.2, 0.25) is 0 Å². The van der Waals surface area contributed by atoms with Crippen molar-refractivity contribution in [2.45, 2.75) is 89.1 Å². The molecule has 6 heteroatoms. The average molecular weight is 402 g/mol. The molecular formula is C22H30F4O2. The summed E-state index contributed by atoms with van der Waals surface area (Å²) in [5.41, 5.74) is 0. The summed E-state index contributed by atoms with van der Waals surface area (Å²) in [7, 11) is 0. The number of alkyl halides is 4. The molecule has 2 nitrogen and oxygen atoms in total. The van der Waals surface area contributed by atoms with Gasteiger partial charge in [0.2, 0.25) is 0 Å². The first kappa shape index (κ1) is 21.5. The first-order valence-electron chi connectivity index (χ1n) is 10.5. The molecule has 0 aromatic carbocycles. The van der Waals surface area contributed by atoms with Crippen molar-refractivity contribution in [2.24, 2.45) is 29.6 Å². The van der Waals surface area contributed by atoms with Crippen LogP contribution < -0.4 is 0 Å². The second-order valence-corrected chi connectivity index (χ2v) is 9.06. The monoisotopic (exact) mass is 402 g/mol. The SMILES string of the molecule is C#CC1C(F)CC(OC(=O)C2C(F)CC(C3CCC(C)CC3)CC2F)CC1F. The van der Waals surface area contributed by atoms with E-state index in [1.165, 1.54) is 0 Å². The highest BCUT2D eigenvalue weighted by molar-refractivity contribution is 5.74. The quantitative estimate of drug-likeness (QED) is 0.371. The van der Waals surface area contributed by atoms with Gasteiger partial charge >= 0.3 is 5.97 Å². The van der Waals surface area contributed by atoms with Crippen molar-refractivity contribution in [1.82, 2.24) is 0 Å². The summed E-state index contributed by atoms with van der Waals surface area (Å²) in [6.07, 6.45) is 1.57. The third-order valence-corrected chi connectivity index (χ3v) is 7.07. The lowest BCUT2D eigenvalue weighted by Gasteiger charge is -2.40. The molecule has 3 rings (SSSR count). The second-order valence-electron chi connectivity index (χ2n) is 9.06. The van der Waals surface area contributed by atoms with Crippen molar-refractivity contribution in [1.29, 1.82) is 0 Å². The van der Waals surface area contributed by atoms with E-state index < -0.39 is 48.6 Å². The van der Waals surface area contributed by atoms with Crippen molar-refractivity contribution < 1.29 is 27.1 Å². The Kier molecular flexibility index (Phi) is 6.94. The highest BCUT2D eigenvalue weighted by atomic mass is 19.2. The van der Waals surface area contributed by atoms with Crippen LogP contribution in [0.15, 0.2) is 0 Å². The fraction of sp³-hybridized carbons (Fsp3) is 0.864.